The highest BCUT2D eigenvalue weighted by Crippen LogP contribution is 2.34. The van der Waals surface area contributed by atoms with Gasteiger partial charge >= 0.3 is 6.18 Å². The maximum Gasteiger partial charge on any atom is 0.416 e. The van der Waals surface area contributed by atoms with Gasteiger partial charge in [0.05, 0.1) is 5.56 Å². The lowest BCUT2D eigenvalue weighted by Crippen LogP contribution is -2.27. The third-order valence-corrected chi connectivity index (χ3v) is 3.51. The first-order valence-corrected chi connectivity index (χ1v) is 6.58. The Kier molecular flexibility index (Phi) is 6.04. The Labute approximate surface area is 127 Å². The molecule has 2 rings (SSSR count). The molecule has 0 aromatic heterocycles. The van der Waals surface area contributed by atoms with Crippen molar-refractivity contribution in [3.8, 4) is 0 Å². The molecule has 1 amide bonds. The molecule has 0 spiro atoms. The second-order valence-corrected chi connectivity index (χ2v) is 5.02. The number of carbonyl (C=O) groups is 1. The number of hydrogen-bond donors (Lipinski definition) is 2. The van der Waals surface area contributed by atoms with Gasteiger partial charge in [0, 0.05) is 18.2 Å². The molecule has 1 aliphatic heterocycles. The summed E-state index contributed by atoms with van der Waals surface area (Å²) < 4.78 is 38.3. The van der Waals surface area contributed by atoms with Gasteiger partial charge in [-0.2, -0.15) is 13.2 Å². The minimum absolute atomic E-state index is 0. The molecule has 1 saturated heterocycles. The van der Waals surface area contributed by atoms with Crippen molar-refractivity contribution < 1.29 is 18.0 Å². The van der Waals surface area contributed by atoms with E-state index in [2.05, 4.69) is 10.6 Å². The first-order valence-electron chi connectivity index (χ1n) is 6.58. The van der Waals surface area contributed by atoms with E-state index in [-0.39, 0.29) is 42.0 Å². The summed E-state index contributed by atoms with van der Waals surface area (Å²) in [6.45, 7) is 2.26. The van der Waals surface area contributed by atoms with Gasteiger partial charge in [-0.25, -0.2) is 0 Å². The fraction of sp³-hybridized carbons (Fsp3) is 0.500. The lowest BCUT2D eigenvalue weighted by Gasteiger charge is -2.15. The fourth-order valence-electron chi connectivity index (χ4n) is 2.43. The summed E-state index contributed by atoms with van der Waals surface area (Å²) in [6.07, 6.45) is -2.16. The van der Waals surface area contributed by atoms with Crippen molar-refractivity contribution in [1.82, 2.24) is 5.32 Å². The molecule has 1 unspecified atom stereocenters. The van der Waals surface area contributed by atoms with Crippen molar-refractivity contribution in [1.29, 1.82) is 0 Å². The van der Waals surface area contributed by atoms with E-state index in [0.717, 1.165) is 25.5 Å². The Balaban J connectivity index is 0.00000220. The molecule has 1 atom stereocenters. The average Bonchev–Trinajstić information content (AvgIpc) is 2.83. The van der Waals surface area contributed by atoms with Gasteiger partial charge in [0.1, 0.15) is 0 Å². The van der Waals surface area contributed by atoms with Crippen LogP contribution < -0.4 is 10.6 Å². The second kappa shape index (κ2) is 7.13. The predicted molar refractivity (Wildman–Crippen MR) is 77.7 cm³/mol. The number of anilines is 1. The van der Waals surface area contributed by atoms with Gasteiger partial charge < -0.3 is 10.6 Å². The van der Waals surface area contributed by atoms with Crippen LogP contribution in [-0.4, -0.2) is 18.5 Å². The van der Waals surface area contributed by atoms with Gasteiger partial charge in [-0.15, -0.1) is 12.4 Å². The molecular weight excluding hydrogens is 305 g/mol. The molecule has 3 nitrogen and oxygen atoms in total. The van der Waals surface area contributed by atoms with Crippen LogP contribution in [0.15, 0.2) is 18.2 Å². The number of carbonyl (C=O) groups excluding carboxylic acids is 1. The van der Waals surface area contributed by atoms with Crippen LogP contribution in [0.3, 0.4) is 0 Å². The number of alkyl halides is 3. The monoisotopic (exact) mass is 322 g/mol. The summed E-state index contributed by atoms with van der Waals surface area (Å²) in [4.78, 5) is 11.8. The molecule has 2 N–H and O–H groups in total. The van der Waals surface area contributed by atoms with Crippen LogP contribution in [0, 0.1) is 6.92 Å². The Morgan fingerprint density at radius 1 is 1.43 bits per heavy atom. The fourth-order valence-corrected chi connectivity index (χ4v) is 2.43. The number of rotatable bonds is 3. The molecule has 118 valence electrons. The van der Waals surface area contributed by atoms with Gasteiger partial charge in [0.25, 0.3) is 0 Å². The summed E-state index contributed by atoms with van der Waals surface area (Å²) in [5.41, 5.74) is -0.440. The van der Waals surface area contributed by atoms with Crippen molar-refractivity contribution in [2.45, 2.75) is 38.4 Å². The number of nitrogens with one attached hydrogen (secondary N) is 2. The highest BCUT2D eigenvalue weighted by Gasteiger charge is 2.33. The number of halogens is 4. The van der Waals surface area contributed by atoms with Crippen molar-refractivity contribution in [3.63, 3.8) is 0 Å². The highest BCUT2D eigenvalue weighted by atomic mass is 35.5. The first kappa shape index (κ1) is 17.8. The van der Waals surface area contributed by atoms with Crippen LogP contribution in [0.25, 0.3) is 0 Å². The van der Waals surface area contributed by atoms with Crippen LogP contribution in [-0.2, 0) is 11.0 Å². The van der Waals surface area contributed by atoms with Crippen molar-refractivity contribution in [2.24, 2.45) is 0 Å². The van der Waals surface area contributed by atoms with Crippen LogP contribution in [0.4, 0.5) is 18.9 Å². The average molecular weight is 323 g/mol. The normalized spacial score (nSPS) is 18.2. The van der Waals surface area contributed by atoms with E-state index in [0.29, 0.717) is 0 Å². The molecule has 0 aliphatic carbocycles. The van der Waals surface area contributed by atoms with Crippen LogP contribution >= 0.6 is 12.4 Å². The topological polar surface area (TPSA) is 41.1 Å². The van der Waals surface area contributed by atoms with Crippen LogP contribution in [0.2, 0.25) is 0 Å². The standard InChI is InChI=1S/C14H17F3N2O.ClH/c1-9-11(14(15,16)17)5-2-6-12(9)19-13(20)8-10-4-3-7-18-10;/h2,5-6,10,18H,3-4,7-8H2,1H3,(H,19,20);1H. The number of hydrogen-bond acceptors (Lipinski definition) is 2. The predicted octanol–water partition coefficient (Wildman–Crippen LogP) is 3.52. The summed E-state index contributed by atoms with van der Waals surface area (Å²) in [5, 5.41) is 5.75. The Bertz CT molecular complexity index is 499. The SMILES string of the molecule is Cc1c(NC(=O)CC2CCCN2)cccc1C(F)(F)F.Cl. The lowest BCUT2D eigenvalue weighted by atomic mass is 10.1. The van der Waals surface area contributed by atoms with Gasteiger partial charge in [0.15, 0.2) is 0 Å². The summed E-state index contributed by atoms with van der Waals surface area (Å²) >= 11 is 0. The molecule has 1 fully saturated rings. The van der Waals surface area contributed by atoms with E-state index in [1.165, 1.54) is 19.1 Å². The van der Waals surface area contributed by atoms with E-state index in [4.69, 9.17) is 0 Å². The molecule has 1 heterocycles. The molecule has 1 aliphatic rings. The third kappa shape index (κ3) is 4.61. The zero-order chi connectivity index (χ0) is 14.8. The molecule has 1 aromatic rings. The van der Waals surface area contributed by atoms with Crippen molar-refractivity contribution in [2.75, 3.05) is 11.9 Å². The molecule has 7 heteroatoms. The smallest absolute Gasteiger partial charge is 0.326 e. The first-order chi connectivity index (χ1) is 9.38. The highest BCUT2D eigenvalue weighted by molar-refractivity contribution is 5.92. The Morgan fingerprint density at radius 3 is 2.71 bits per heavy atom. The zero-order valence-electron chi connectivity index (χ0n) is 11.6. The quantitative estimate of drug-likeness (QED) is 0.894. The number of benzene rings is 1. The molecule has 1 aromatic carbocycles. The van der Waals surface area contributed by atoms with E-state index in [1.54, 1.807) is 0 Å². The van der Waals surface area contributed by atoms with Gasteiger partial charge in [0.2, 0.25) is 5.91 Å². The largest absolute Gasteiger partial charge is 0.416 e. The minimum Gasteiger partial charge on any atom is -0.326 e. The van der Waals surface area contributed by atoms with Gasteiger partial charge in [-0.3, -0.25) is 4.79 Å². The number of amides is 1. The molecular formula is C14H18ClF3N2O. The molecule has 21 heavy (non-hydrogen) atoms. The molecule has 0 saturated carbocycles. The maximum absolute atomic E-state index is 12.8. The minimum atomic E-state index is -4.40. The Hall–Kier alpha value is -1.27. The Morgan fingerprint density at radius 2 is 2.14 bits per heavy atom. The van der Waals surface area contributed by atoms with Gasteiger partial charge in [-0.1, -0.05) is 6.07 Å². The zero-order valence-corrected chi connectivity index (χ0v) is 12.4. The summed E-state index contributed by atoms with van der Waals surface area (Å²) in [6, 6.07) is 3.94. The van der Waals surface area contributed by atoms with Crippen LogP contribution in [0.1, 0.15) is 30.4 Å². The van der Waals surface area contributed by atoms with E-state index >= 15 is 0 Å². The second-order valence-electron chi connectivity index (χ2n) is 5.02. The molecule has 0 bridgehead atoms. The summed E-state index contributed by atoms with van der Waals surface area (Å²) in [7, 11) is 0. The lowest BCUT2D eigenvalue weighted by molar-refractivity contribution is -0.138. The summed E-state index contributed by atoms with van der Waals surface area (Å²) in [5.74, 6) is -0.258. The van der Waals surface area contributed by atoms with Gasteiger partial charge in [-0.05, 0) is 44.0 Å². The third-order valence-electron chi connectivity index (χ3n) is 3.51. The van der Waals surface area contributed by atoms with Crippen molar-refractivity contribution >= 4 is 24.0 Å². The van der Waals surface area contributed by atoms with E-state index in [1.807, 2.05) is 0 Å². The van der Waals surface area contributed by atoms with Crippen LogP contribution in [0.5, 0.6) is 0 Å². The van der Waals surface area contributed by atoms with E-state index < -0.39 is 11.7 Å². The maximum atomic E-state index is 12.8. The van der Waals surface area contributed by atoms with E-state index in [9.17, 15) is 18.0 Å². The van der Waals surface area contributed by atoms with Crippen molar-refractivity contribution in [3.05, 3.63) is 29.3 Å². The molecule has 0 radical (unpaired) electrons.